The Morgan fingerprint density at radius 1 is 1.62 bits per heavy atom. The van der Waals surface area contributed by atoms with Gasteiger partial charge in [-0.3, -0.25) is 0 Å². The third-order valence-electron chi connectivity index (χ3n) is 0.816. The first-order valence-electron chi connectivity index (χ1n) is 2.14. The van der Waals surface area contributed by atoms with Gasteiger partial charge in [0, 0.05) is 6.54 Å². The third kappa shape index (κ3) is 2.11. The fraction of sp³-hybridized carbons (Fsp3) is 0.200. The largest absolute Gasteiger partial charge is 0.326 e. The van der Waals surface area contributed by atoms with Gasteiger partial charge in [-0.05, 0) is 22.4 Å². The van der Waals surface area contributed by atoms with Gasteiger partial charge < -0.3 is 5.73 Å². The van der Waals surface area contributed by atoms with E-state index in [1.54, 1.807) is 11.3 Å². The molecule has 0 atom stereocenters. The van der Waals surface area contributed by atoms with Crippen LogP contribution in [0.4, 0.5) is 0 Å². The number of halogens is 1. The summed E-state index contributed by atoms with van der Waals surface area (Å²) in [4.78, 5) is 0. The molecule has 0 aliphatic carbocycles. The van der Waals surface area contributed by atoms with Gasteiger partial charge in [0.1, 0.15) is 0 Å². The molecule has 2 N–H and O–H groups in total. The van der Waals surface area contributed by atoms with Crippen LogP contribution in [-0.2, 0) is 6.54 Å². The Kier molecular flexibility index (Phi) is 4.50. The maximum atomic E-state index is 5.30. The molecule has 0 amide bonds. The van der Waals surface area contributed by atoms with Gasteiger partial charge in [-0.15, -0.1) is 24.0 Å². The minimum absolute atomic E-state index is 0. The van der Waals surface area contributed by atoms with Gasteiger partial charge in [-0.1, -0.05) is 0 Å². The molecular weight excluding hydrogens is 233 g/mol. The Morgan fingerprint density at radius 3 is 2.62 bits per heavy atom. The van der Waals surface area contributed by atoms with Crippen molar-refractivity contribution < 1.29 is 0 Å². The Hall–Kier alpha value is 0.390. The second-order valence-electron chi connectivity index (χ2n) is 1.34. The summed E-state index contributed by atoms with van der Waals surface area (Å²) in [5, 5.41) is 4.09. The molecule has 0 fully saturated rings. The van der Waals surface area contributed by atoms with Crippen molar-refractivity contribution in [1.29, 1.82) is 0 Å². The van der Waals surface area contributed by atoms with Crippen LogP contribution in [0.3, 0.4) is 0 Å². The summed E-state index contributed by atoms with van der Waals surface area (Å²) in [5.74, 6) is 0. The van der Waals surface area contributed by atoms with Crippen LogP contribution < -0.4 is 5.73 Å². The summed E-state index contributed by atoms with van der Waals surface area (Å²) in [6.07, 6.45) is 0. The van der Waals surface area contributed by atoms with E-state index in [9.17, 15) is 0 Å². The topological polar surface area (TPSA) is 26.0 Å². The van der Waals surface area contributed by atoms with Crippen LogP contribution in [0.1, 0.15) is 5.56 Å². The van der Waals surface area contributed by atoms with Crippen LogP contribution in [-0.4, -0.2) is 0 Å². The van der Waals surface area contributed by atoms with Gasteiger partial charge in [-0.25, -0.2) is 0 Å². The number of rotatable bonds is 1. The fourth-order valence-corrected chi connectivity index (χ4v) is 1.09. The molecule has 1 aromatic heterocycles. The first-order valence-corrected chi connectivity index (χ1v) is 3.09. The third-order valence-corrected chi connectivity index (χ3v) is 1.55. The SMILES string of the molecule is I.NCc1ccsc1. The predicted octanol–water partition coefficient (Wildman–Crippen LogP) is 1.82. The van der Waals surface area contributed by atoms with Crippen LogP contribution in [0.25, 0.3) is 0 Å². The Bertz CT molecular complexity index is 127. The lowest BCUT2D eigenvalue weighted by atomic mass is 10.4. The van der Waals surface area contributed by atoms with Gasteiger partial charge in [0.15, 0.2) is 0 Å². The highest BCUT2D eigenvalue weighted by Gasteiger charge is 1.82. The average molecular weight is 241 g/mol. The molecule has 1 aromatic rings. The lowest BCUT2D eigenvalue weighted by Gasteiger charge is -1.79. The van der Waals surface area contributed by atoms with Crippen LogP contribution in [0.15, 0.2) is 16.8 Å². The minimum Gasteiger partial charge on any atom is -0.326 e. The van der Waals surface area contributed by atoms with E-state index in [0.29, 0.717) is 6.54 Å². The molecule has 0 aliphatic heterocycles. The van der Waals surface area contributed by atoms with Crippen molar-refractivity contribution in [3.05, 3.63) is 22.4 Å². The molecule has 0 aliphatic rings. The van der Waals surface area contributed by atoms with Crippen molar-refractivity contribution in [1.82, 2.24) is 0 Å². The first kappa shape index (κ1) is 8.39. The lowest BCUT2D eigenvalue weighted by molar-refractivity contribution is 1.08. The van der Waals surface area contributed by atoms with E-state index in [1.807, 2.05) is 11.4 Å². The molecular formula is C5H8INS. The first-order chi connectivity index (χ1) is 3.43. The number of hydrogen-bond donors (Lipinski definition) is 1. The number of nitrogens with two attached hydrogens (primary N) is 1. The summed E-state index contributed by atoms with van der Waals surface area (Å²) in [7, 11) is 0. The van der Waals surface area contributed by atoms with E-state index in [-0.39, 0.29) is 24.0 Å². The molecule has 1 rings (SSSR count). The monoisotopic (exact) mass is 241 g/mol. The zero-order valence-corrected chi connectivity index (χ0v) is 7.48. The van der Waals surface area contributed by atoms with E-state index in [2.05, 4.69) is 5.38 Å². The normalized spacial score (nSPS) is 8.12. The van der Waals surface area contributed by atoms with Crippen LogP contribution in [0.2, 0.25) is 0 Å². The Balaban J connectivity index is 0.000000490. The molecule has 0 saturated heterocycles. The summed E-state index contributed by atoms with van der Waals surface area (Å²) in [5.41, 5.74) is 6.53. The van der Waals surface area contributed by atoms with Crippen LogP contribution in [0, 0.1) is 0 Å². The molecule has 3 heteroatoms. The highest BCUT2D eigenvalue weighted by atomic mass is 127. The summed E-state index contributed by atoms with van der Waals surface area (Å²) < 4.78 is 0. The van der Waals surface area contributed by atoms with Gasteiger partial charge in [0.2, 0.25) is 0 Å². The van der Waals surface area contributed by atoms with E-state index >= 15 is 0 Å². The van der Waals surface area contributed by atoms with Crippen molar-refractivity contribution in [2.45, 2.75) is 6.54 Å². The number of hydrogen-bond acceptors (Lipinski definition) is 2. The van der Waals surface area contributed by atoms with Gasteiger partial charge in [0.05, 0.1) is 0 Å². The summed E-state index contributed by atoms with van der Waals surface area (Å²) in [6, 6.07) is 2.03. The number of thiophene rings is 1. The fourth-order valence-electron chi connectivity index (χ4n) is 0.409. The van der Waals surface area contributed by atoms with Crippen molar-refractivity contribution in [2.24, 2.45) is 5.73 Å². The molecule has 0 aromatic carbocycles. The zero-order chi connectivity index (χ0) is 5.11. The predicted molar refractivity (Wildman–Crippen MR) is 47.6 cm³/mol. The molecule has 0 unspecified atom stereocenters. The molecule has 0 saturated carbocycles. The van der Waals surface area contributed by atoms with Crippen molar-refractivity contribution in [2.75, 3.05) is 0 Å². The van der Waals surface area contributed by atoms with E-state index < -0.39 is 0 Å². The van der Waals surface area contributed by atoms with Crippen LogP contribution in [0.5, 0.6) is 0 Å². The maximum absolute atomic E-state index is 5.30. The summed E-state index contributed by atoms with van der Waals surface area (Å²) in [6.45, 7) is 0.670. The van der Waals surface area contributed by atoms with Gasteiger partial charge in [-0.2, -0.15) is 11.3 Å². The van der Waals surface area contributed by atoms with E-state index in [1.165, 1.54) is 5.56 Å². The Labute approximate surface area is 69.9 Å². The average Bonchev–Trinajstić information content (AvgIpc) is 2.14. The zero-order valence-electron chi connectivity index (χ0n) is 4.33. The molecule has 1 nitrogen and oxygen atoms in total. The highest BCUT2D eigenvalue weighted by molar-refractivity contribution is 14.0. The maximum Gasteiger partial charge on any atom is 0.0186 e. The second-order valence-corrected chi connectivity index (χ2v) is 2.12. The standard InChI is InChI=1S/C5H7NS.HI/c6-3-5-1-2-7-4-5;/h1-2,4H,3,6H2;1H. The van der Waals surface area contributed by atoms with E-state index in [0.717, 1.165) is 0 Å². The molecule has 0 spiro atoms. The quantitative estimate of drug-likeness (QED) is 0.746. The van der Waals surface area contributed by atoms with Crippen molar-refractivity contribution >= 4 is 35.3 Å². The van der Waals surface area contributed by atoms with Gasteiger partial charge in [0.25, 0.3) is 0 Å². The summed E-state index contributed by atoms with van der Waals surface area (Å²) >= 11 is 1.68. The molecule has 0 bridgehead atoms. The minimum atomic E-state index is 0. The molecule has 8 heavy (non-hydrogen) atoms. The van der Waals surface area contributed by atoms with Crippen molar-refractivity contribution in [3.63, 3.8) is 0 Å². The highest BCUT2D eigenvalue weighted by Crippen LogP contribution is 2.02. The molecule has 1 heterocycles. The Morgan fingerprint density at radius 2 is 2.38 bits per heavy atom. The smallest absolute Gasteiger partial charge is 0.0186 e. The van der Waals surface area contributed by atoms with Crippen LogP contribution >= 0.6 is 35.3 Å². The van der Waals surface area contributed by atoms with E-state index in [4.69, 9.17) is 5.73 Å². The molecule has 46 valence electrons. The molecule has 0 radical (unpaired) electrons. The lowest BCUT2D eigenvalue weighted by Crippen LogP contribution is -1.92. The van der Waals surface area contributed by atoms with Gasteiger partial charge >= 0.3 is 0 Å². The van der Waals surface area contributed by atoms with Crippen molar-refractivity contribution in [3.8, 4) is 0 Å². The second kappa shape index (κ2) is 4.29.